The van der Waals surface area contributed by atoms with Crippen molar-refractivity contribution in [2.75, 3.05) is 0 Å². The molecule has 18 heavy (non-hydrogen) atoms. The molecule has 1 atom stereocenters. The van der Waals surface area contributed by atoms with Crippen molar-refractivity contribution >= 4 is 11.3 Å². The number of benzene rings is 1. The van der Waals surface area contributed by atoms with Gasteiger partial charge in [0, 0.05) is 11.3 Å². The molecule has 2 rings (SSSR count). The Balaban J connectivity index is 2.21. The zero-order chi connectivity index (χ0) is 13.3. The molecule has 96 valence electrons. The van der Waals surface area contributed by atoms with Crippen molar-refractivity contribution in [3.8, 4) is 0 Å². The van der Waals surface area contributed by atoms with Crippen molar-refractivity contribution in [3.63, 3.8) is 0 Å². The Labute approximate surface area is 110 Å². The van der Waals surface area contributed by atoms with Crippen LogP contribution >= 0.6 is 11.3 Å². The Kier molecular flexibility index (Phi) is 3.78. The van der Waals surface area contributed by atoms with Crippen LogP contribution in [0.15, 0.2) is 18.2 Å². The van der Waals surface area contributed by atoms with E-state index in [1.807, 2.05) is 20.8 Å². The highest BCUT2D eigenvalue weighted by Crippen LogP contribution is 2.25. The number of aliphatic hydroxyl groups is 1. The Morgan fingerprint density at radius 3 is 2.67 bits per heavy atom. The number of hydrogen-bond donors (Lipinski definition) is 1. The fourth-order valence-corrected chi connectivity index (χ4v) is 2.84. The van der Waals surface area contributed by atoms with Gasteiger partial charge in [0.2, 0.25) is 0 Å². The maximum absolute atomic E-state index is 13.2. The highest BCUT2D eigenvalue weighted by Gasteiger charge is 2.15. The van der Waals surface area contributed by atoms with Gasteiger partial charge in [0.1, 0.15) is 5.82 Å². The first-order valence-corrected chi connectivity index (χ1v) is 6.66. The molecular weight excluding hydrogens is 249 g/mol. The first-order valence-electron chi connectivity index (χ1n) is 5.84. The summed E-state index contributed by atoms with van der Waals surface area (Å²) in [6.45, 7) is 5.84. The van der Waals surface area contributed by atoms with Crippen molar-refractivity contribution in [1.29, 1.82) is 0 Å². The fourth-order valence-electron chi connectivity index (χ4n) is 1.87. The van der Waals surface area contributed by atoms with Gasteiger partial charge >= 0.3 is 0 Å². The van der Waals surface area contributed by atoms with Crippen molar-refractivity contribution in [2.45, 2.75) is 33.3 Å². The van der Waals surface area contributed by atoms with Gasteiger partial charge in [0.05, 0.1) is 16.8 Å². The van der Waals surface area contributed by atoms with E-state index < -0.39 is 6.10 Å². The Morgan fingerprint density at radius 1 is 1.33 bits per heavy atom. The maximum atomic E-state index is 13.2. The van der Waals surface area contributed by atoms with Crippen LogP contribution in [-0.4, -0.2) is 10.1 Å². The summed E-state index contributed by atoms with van der Waals surface area (Å²) in [5, 5.41) is 11.1. The molecule has 0 saturated heterocycles. The van der Waals surface area contributed by atoms with Gasteiger partial charge in [-0.05, 0) is 44.0 Å². The number of halogens is 1. The lowest BCUT2D eigenvalue weighted by Crippen LogP contribution is -2.04. The average Bonchev–Trinajstić information content (AvgIpc) is 2.61. The lowest BCUT2D eigenvalue weighted by Gasteiger charge is -2.12. The van der Waals surface area contributed by atoms with Gasteiger partial charge in [-0.15, -0.1) is 11.3 Å². The summed E-state index contributed by atoms with van der Waals surface area (Å²) in [6, 6.07) is 4.49. The first kappa shape index (κ1) is 13.2. The molecule has 0 spiro atoms. The van der Waals surface area contributed by atoms with Crippen molar-refractivity contribution in [2.24, 2.45) is 0 Å². The fraction of sp³-hybridized carbons (Fsp3) is 0.357. The van der Waals surface area contributed by atoms with E-state index in [0.29, 0.717) is 12.0 Å². The Hall–Kier alpha value is -1.26. The van der Waals surface area contributed by atoms with Crippen LogP contribution in [0.5, 0.6) is 0 Å². The van der Waals surface area contributed by atoms with Gasteiger partial charge in [-0.2, -0.15) is 0 Å². The van der Waals surface area contributed by atoms with E-state index in [-0.39, 0.29) is 5.82 Å². The average molecular weight is 265 g/mol. The lowest BCUT2D eigenvalue weighted by molar-refractivity contribution is 0.177. The van der Waals surface area contributed by atoms with Crippen LogP contribution in [0.2, 0.25) is 0 Å². The molecule has 2 nitrogen and oxygen atoms in total. The molecule has 2 aromatic rings. The van der Waals surface area contributed by atoms with Crippen LogP contribution in [0.3, 0.4) is 0 Å². The topological polar surface area (TPSA) is 33.1 Å². The van der Waals surface area contributed by atoms with Crippen LogP contribution in [0, 0.1) is 26.6 Å². The third kappa shape index (κ3) is 2.76. The molecule has 0 amide bonds. The van der Waals surface area contributed by atoms with Gasteiger partial charge in [-0.1, -0.05) is 6.07 Å². The van der Waals surface area contributed by atoms with E-state index in [2.05, 4.69) is 4.98 Å². The normalized spacial score (nSPS) is 12.7. The molecular formula is C14H16FNOS. The summed E-state index contributed by atoms with van der Waals surface area (Å²) in [5.41, 5.74) is 2.53. The SMILES string of the molecule is Cc1ccc(F)cc1C(O)Cc1nc(C)c(C)s1. The zero-order valence-corrected chi connectivity index (χ0v) is 11.5. The molecule has 0 aliphatic carbocycles. The van der Waals surface area contributed by atoms with Crippen LogP contribution in [0.25, 0.3) is 0 Å². The molecule has 1 heterocycles. The molecule has 0 bridgehead atoms. The lowest BCUT2D eigenvalue weighted by atomic mass is 10.0. The van der Waals surface area contributed by atoms with E-state index in [1.165, 1.54) is 12.1 Å². The minimum Gasteiger partial charge on any atom is -0.388 e. The number of aryl methyl sites for hydroxylation is 3. The summed E-state index contributed by atoms with van der Waals surface area (Å²) >= 11 is 1.58. The van der Waals surface area contributed by atoms with E-state index in [9.17, 15) is 9.50 Å². The minimum atomic E-state index is -0.703. The highest BCUT2D eigenvalue weighted by molar-refractivity contribution is 7.11. The Bertz CT molecular complexity index is 545. The van der Waals surface area contributed by atoms with Gasteiger partial charge in [-0.25, -0.2) is 9.37 Å². The number of nitrogens with zero attached hydrogens (tertiary/aromatic N) is 1. The number of rotatable bonds is 3. The smallest absolute Gasteiger partial charge is 0.123 e. The quantitative estimate of drug-likeness (QED) is 0.921. The van der Waals surface area contributed by atoms with Gasteiger partial charge in [0.15, 0.2) is 0 Å². The maximum Gasteiger partial charge on any atom is 0.123 e. The number of thiazole rings is 1. The molecule has 0 fully saturated rings. The van der Waals surface area contributed by atoms with Gasteiger partial charge in [-0.3, -0.25) is 0 Å². The summed E-state index contributed by atoms with van der Waals surface area (Å²) < 4.78 is 13.2. The van der Waals surface area contributed by atoms with E-state index in [4.69, 9.17) is 0 Å². The third-order valence-corrected chi connectivity index (χ3v) is 4.14. The predicted octanol–water partition coefficient (Wildman–Crippen LogP) is 3.48. The highest BCUT2D eigenvalue weighted by atomic mass is 32.1. The predicted molar refractivity (Wildman–Crippen MR) is 71.4 cm³/mol. The van der Waals surface area contributed by atoms with Gasteiger partial charge < -0.3 is 5.11 Å². The van der Waals surface area contributed by atoms with E-state index in [1.54, 1.807) is 17.4 Å². The number of aliphatic hydroxyl groups excluding tert-OH is 1. The summed E-state index contributed by atoms with van der Waals surface area (Å²) in [7, 11) is 0. The molecule has 4 heteroatoms. The van der Waals surface area contributed by atoms with Crippen LogP contribution < -0.4 is 0 Å². The monoisotopic (exact) mass is 265 g/mol. The van der Waals surface area contributed by atoms with Crippen molar-refractivity contribution < 1.29 is 9.50 Å². The van der Waals surface area contributed by atoms with E-state index in [0.717, 1.165) is 21.1 Å². The zero-order valence-electron chi connectivity index (χ0n) is 10.7. The number of hydrogen-bond acceptors (Lipinski definition) is 3. The summed E-state index contributed by atoms with van der Waals surface area (Å²) in [6.07, 6.45) is -0.269. The molecule has 1 aromatic carbocycles. The molecule has 0 saturated carbocycles. The first-order chi connectivity index (χ1) is 8.47. The van der Waals surface area contributed by atoms with Crippen molar-refractivity contribution in [3.05, 3.63) is 50.7 Å². The minimum absolute atomic E-state index is 0.318. The van der Waals surface area contributed by atoms with Crippen LogP contribution in [0.1, 0.15) is 32.8 Å². The molecule has 1 N–H and O–H groups in total. The second-order valence-corrected chi connectivity index (χ2v) is 5.76. The van der Waals surface area contributed by atoms with Crippen molar-refractivity contribution in [1.82, 2.24) is 4.98 Å². The molecule has 1 aromatic heterocycles. The largest absolute Gasteiger partial charge is 0.388 e. The second-order valence-electron chi connectivity index (χ2n) is 4.47. The molecule has 0 radical (unpaired) electrons. The summed E-state index contributed by atoms with van der Waals surface area (Å²) in [5.74, 6) is -0.318. The standard InChI is InChI=1S/C14H16FNOS/c1-8-4-5-11(15)6-12(8)13(17)7-14-16-9(2)10(3)18-14/h4-6,13,17H,7H2,1-3H3. The number of aromatic nitrogens is 1. The second kappa shape index (κ2) is 5.16. The molecule has 0 aliphatic heterocycles. The van der Waals surface area contributed by atoms with Crippen LogP contribution in [0.4, 0.5) is 4.39 Å². The van der Waals surface area contributed by atoms with E-state index >= 15 is 0 Å². The molecule has 1 unspecified atom stereocenters. The van der Waals surface area contributed by atoms with Gasteiger partial charge in [0.25, 0.3) is 0 Å². The summed E-state index contributed by atoms with van der Waals surface area (Å²) in [4.78, 5) is 5.55. The van der Waals surface area contributed by atoms with Crippen LogP contribution in [-0.2, 0) is 6.42 Å². The molecule has 0 aliphatic rings. The third-order valence-electron chi connectivity index (χ3n) is 3.04. The Morgan fingerprint density at radius 2 is 2.06 bits per heavy atom.